The zero-order valence-electron chi connectivity index (χ0n) is 12.1. The highest BCUT2D eigenvalue weighted by Crippen LogP contribution is 2.11. The molecule has 0 aliphatic carbocycles. The summed E-state index contributed by atoms with van der Waals surface area (Å²) in [4.78, 5) is 0. The van der Waals surface area contributed by atoms with Crippen molar-refractivity contribution in [2.45, 2.75) is 59.2 Å². The smallest absolute Gasteiger partial charge is 0.0965 e. The van der Waals surface area contributed by atoms with E-state index in [2.05, 4.69) is 50.2 Å². The van der Waals surface area contributed by atoms with Crippen molar-refractivity contribution in [1.29, 1.82) is 0 Å². The van der Waals surface area contributed by atoms with Crippen LogP contribution >= 0.6 is 0 Å². The highest BCUT2D eigenvalue weighted by Gasteiger charge is 2.15. The molecule has 0 bridgehead atoms. The molecule has 1 rings (SSSR count). The van der Waals surface area contributed by atoms with E-state index in [9.17, 15) is 5.11 Å². The molecule has 0 spiro atoms. The molecule has 0 amide bonds. The summed E-state index contributed by atoms with van der Waals surface area (Å²) in [6, 6.07) is 0. The van der Waals surface area contributed by atoms with Crippen molar-refractivity contribution in [2.24, 2.45) is 5.92 Å². The van der Waals surface area contributed by atoms with Gasteiger partial charge in [0.15, 0.2) is 0 Å². The highest BCUT2D eigenvalue weighted by atomic mass is 16.3. The van der Waals surface area contributed by atoms with E-state index < -0.39 is 0 Å². The maximum absolute atomic E-state index is 9.73. The van der Waals surface area contributed by atoms with Crippen molar-refractivity contribution < 1.29 is 5.11 Å². The minimum atomic E-state index is -0.289. The second-order valence-corrected chi connectivity index (χ2v) is 6.24. The third kappa shape index (κ3) is 5.14. The van der Waals surface area contributed by atoms with Gasteiger partial charge in [-0.15, -0.1) is 5.10 Å². The van der Waals surface area contributed by atoms with E-state index >= 15 is 0 Å². The van der Waals surface area contributed by atoms with Gasteiger partial charge in [-0.2, -0.15) is 0 Å². The summed E-state index contributed by atoms with van der Waals surface area (Å²) in [5.74, 6) is 0.517. The van der Waals surface area contributed by atoms with Gasteiger partial charge in [0.2, 0.25) is 0 Å². The number of aliphatic hydroxyl groups is 1. The molecule has 0 aromatic carbocycles. The van der Waals surface area contributed by atoms with Crippen molar-refractivity contribution in [3.05, 3.63) is 11.9 Å². The molecular formula is C13H26N4O. The Bertz CT molecular complexity index is 354. The molecule has 0 radical (unpaired) electrons. The second kappa shape index (κ2) is 6.29. The third-order valence-corrected chi connectivity index (χ3v) is 2.66. The van der Waals surface area contributed by atoms with Gasteiger partial charge < -0.3 is 10.4 Å². The first-order valence-corrected chi connectivity index (χ1v) is 6.59. The molecule has 5 nitrogen and oxygen atoms in total. The molecular weight excluding hydrogens is 228 g/mol. The topological polar surface area (TPSA) is 63.0 Å². The molecule has 1 aromatic heterocycles. The summed E-state index contributed by atoms with van der Waals surface area (Å²) in [5, 5.41) is 21.1. The van der Waals surface area contributed by atoms with Crippen molar-refractivity contribution in [3.8, 4) is 0 Å². The number of aliphatic hydroxyl groups excluding tert-OH is 1. The van der Waals surface area contributed by atoms with Crippen molar-refractivity contribution >= 4 is 0 Å². The average Bonchev–Trinajstić information content (AvgIpc) is 2.64. The van der Waals surface area contributed by atoms with Gasteiger partial charge in [0.25, 0.3) is 0 Å². The van der Waals surface area contributed by atoms with Crippen molar-refractivity contribution in [1.82, 2.24) is 20.3 Å². The van der Waals surface area contributed by atoms with Crippen LogP contribution in [0, 0.1) is 5.92 Å². The molecule has 0 aliphatic rings. The maximum atomic E-state index is 9.73. The van der Waals surface area contributed by atoms with E-state index in [4.69, 9.17) is 0 Å². The Balaban J connectivity index is 2.34. The minimum absolute atomic E-state index is 0.0393. The summed E-state index contributed by atoms with van der Waals surface area (Å²) >= 11 is 0. The predicted octanol–water partition coefficient (Wildman–Crippen LogP) is 1.53. The first-order valence-electron chi connectivity index (χ1n) is 6.59. The fourth-order valence-electron chi connectivity index (χ4n) is 1.70. The first-order chi connectivity index (χ1) is 8.29. The summed E-state index contributed by atoms with van der Waals surface area (Å²) in [6.07, 6.45) is 2.48. The molecule has 1 unspecified atom stereocenters. The summed E-state index contributed by atoms with van der Waals surface area (Å²) in [7, 11) is 0. The van der Waals surface area contributed by atoms with Gasteiger partial charge in [-0.05, 0) is 33.1 Å². The normalized spacial score (nSPS) is 14.2. The van der Waals surface area contributed by atoms with Gasteiger partial charge in [0, 0.05) is 13.1 Å². The van der Waals surface area contributed by atoms with Gasteiger partial charge in [-0.25, -0.2) is 4.68 Å². The molecule has 0 saturated heterocycles. The minimum Gasteiger partial charge on any atom is -0.392 e. The van der Waals surface area contributed by atoms with E-state index in [1.54, 1.807) is 0 Å². The Kier molecular flexibility index (Phi) is 5.28. The Hall–Kier alpha value is -0.940. The van der Waals surface area contributed by atoms with Crippen LogP contribution in [0.4, 0.5) is 0 Å². The number of rotatable bonds is 6. The third-order valence-electron chi connectivity index (χ3n) is 2.66. The van der Waals surface area contributed by atoms with Crippen LogP contribution in [0.15, 0.2) is 6.20 Å². The molecule has 0 saturated carbocycles. The lowest BCUT2D eigenvalue weighted by molar-refractivity contribution is 0.146. The number of hydrogen-bond acceptors (Lipinski definition) is 4. The average molecular weight is 254 g/mol. The zero-order valence-corrected chi connectivity index (χ0v) is 12.1. The fourth-order valence-corrected chi connectivity index (χ4v) is 1.70. The molecule has 0 aliphatic heterocycles. The lowest BCUT2D eigenvalue weighted by atomic mass is 10.1. The van der Waals surface area contributed by atoms with Crippen LogP contribution in [0.1, 0.15) is 46.7 Å². The van der Waals surface area contributed by atoms with Crippen LogP contribution < -0.4 is 5.32 Å². The molecule has 1 aromatic rings. The largest absolute Gasteiger partial charge is 0.392 e. The molecule has 5 heteroatoms. The van der Waals surface area contributed by atoms with Crippen LogP contribution in [-0.2, 0) is 12.1 Å². The van der Waals surface area contributed by atoms with Gasteiger partial charge >= 0.3 is 0 Å². The van der Waals surface area contributed by atoms with Gasteiger partial charge in [0.1, 0.15) is 0 Å². The van der Waals surface area contributed by atoms with E-state index in [1.165, 1.54) is 0 Å². The molecule has 1 atom stereocenters. The standard InChI is InChI=1S/C13H26N4O/c1-10(2)6-12(18)8-14-7-11-9-17(16-15-11)13(3,4)5/h9-10,12,14,18H,6-8H2,1-5H3. The summed E-state index contributed by atoms with van der Waals surface area (Å²) < 4.78 is 1.86. The van der Waals surface area contributed by atoms with Gasteiger partial charge in [0.05, 0.1) is 23.5 Å². The van der Waals surface area contributed by atoms with Crippen LogP contribution in [0.5, 0.6) is 0 Å². The zero-order chi connectivity index (χ0) is 13.8. The van der Waals surface area contributed by atoms with Crippen LogP contribution in [0.25, 0.3) is 0 Å². The van der Waals surface area contributed by atoms with Gasteiger partial charge in [-0.1, -0.05) is 19.1 Å². The van der Waals surface area contributed by atoms with Crippen LogP contribution in [0.3, 0.4) is 0 Å². The summed E-state index contributed by atoms with van der Waals surface area (Å²) in [6.45, 7) is 11.7. The van der Waals surface area contributed by atoms with E-state index in [1.807, 2.05) is 10.9 Å². The quantitative estimate of drug-likeness (QED) is 0.808. The SMILES string of the molecule is CC(C)CC(O)CNCc1cn(C(C)(C)C)nn1. The van der Waals surface area contributed by atoms with Crippen molar-refractivity contribution in [2.75, 3.05) is 6.54 Å². The molecule has 1 heterocycles. The van der Waals surface area contributed by atoms with Gasteiger partial charge in [-0.3, -0.25) is 0 Å². The molecule has 18 heavy (non-hydrogen) atoms. The Morgan fingerprint density at radius 3 is 2.56 bits per heavy atom. The number of nitrogens with zero attached hydrogens (tertiary/aromatic N) is 3. The second-order valence-electron chi connectivity index (χ2n) is 6.24. The monoisotopic (exact) mass is 254 g/mol. The number of nitrogens with one attached hydrogen (secondary N) is 1. The van der Waals surface area contributed by atoms with E-state index in [0.717, 1.165) is 12.1 Å². The highest BCUT2D eigenvalue weighted by molar-refractivity contribution is 4.94. The lowest BCUT2D eigenvalue weighted by Gasteiger charge is -2.17. The van der Waals surface area contributed by atoms with Crippen LogP contribution in [0.2, 0.25) is 0 Å². The molecule has 104 valence electrons. The maximum Gasteiger partial charge on any atom is 0.0965 e. The van der Waals surface area contributed by atoms with Crippen LogP contribution in [-0.4, -0.2) is 32.7 Å². The molecule has 0 fully saturated rings. The number of aromatic nitrogens is 3. The van der Waals surface area contributed by atoms with E-state index in [-0.39, 0.29) is 11.6 Å². The Morgan fingerprint density at radius 1 is 1.39 bits per heavy atom. The Morgan fingerprint density at radius 2 is 2.06 bits per heavy atom. The number of hydrogen-bond donors (Lipinski definition) is 2. The lowest BCUT2D eigenvalue weighted by Crippen LogP contribution is -2.27. The van der Waals surface area contributed by atoms with Crippen molar-refractivity contribution in [3.63, 3.8) is 0 Å². The first kappa shape index (κ1) is 15.1. The van der Waals surface area contributed by atoms with E-state index in [0.29, 0.717) is 19.0 Å². The Labute approximate surface area is 110 Å². The summed E-state index contributed by atoms with van der Waals surface area (Å²) in [5.41, 5.74) is 0.865. The molecule has 2 N–H and O–H groups in total. The fraction of sp³-hybridized carbons (Fsp3) is 0.846. The predicted molar refractivity (Wildman–Crippen MR) is 72.2 cm³/mol.